The fourth-order valence-electron chi connectivity index (χ4n) is 5.48. The number of nitrogens with two attached hydrogens (primary N) is 1. The minimum atomic E-state index is -1.18. The van der Waals surface area contributed by atoms with Crippen LogP contribution in [0.5, 0.6) is 0 Å². The number of hydrogen-bond acceptors (Lipinski definition) is 6. The van der Waals surface area contributed by atoms with Crippen LogP contribution in [-0.4, -0.2) is 74.8 Å². The number of imidazole rings is 1. The van der Waals surface area contributed by atoms with Crippen molar-refractivity contribution in [2.75, 3.05) is 19.8 Å². The zero-order valence-corrected chi connectivity index (χ0v) is 26.8. The number of nitrogens with zero attached hydrogens (tertiary/aromatic N) is 4. The summed E-state index contributed by atoms with van der Waals surface area (Å²) >= 11 is 0. The third-order valence-electron chi connectivity index (χ3n) is 7.87. The van der Waals surface area contributed by atoms with Crippen LogP contribution in [-0.2, 0) is 25.7 Å². The van der Waals surface area contributed by atoms with Crippen molar-refractivity contribution in [2.45, 2.75) is 58.8 Å². The molecule has 0 bridgehead atoms. The van der Waals surface area contributed by atoms with Gasteiger partial charge in [-0.3, -0.25) is 24.1 Å². The van der Waals surface area contributed by atoms with Gasteiger partial charge in [0.05, 0.1) is 18.3 Å². The van der Waals surface area contributed by atoms with Crippen LogP contribution in [0.3, 0.4) is 0 Å². The molecule has 47 heavy (non-hydrogen) atoms. The van der Waals surface area contributed by atoms with Gasteiger partial charge in [0.25, 0.3) is 11.8 Å². The first-order chi connectivity index (χ1) is 22.2. The van der Waals surface area contributed by atoms with E-state index in [9.17, 15) is 32.3 Å². The maximum atomic E-state index is 15.0. The minimum absolute atomic E-state index is 0.0217. The van der Waals surface area contributed by atoms with Gasteiger partial charge >= 0.3 is 0 Å². The fraction of sp³-hybridized carbons (Fsp3) is 0.382. The summed E-state index contributed by atoms with van der Waals surface area (Å²) in [6, 6.07) is 9.55. The maximum Gasteiger partial charge on any atom is 0.254 e. The van der Waals surface area contributed by atoms with Crippen LogP contribution in [0.15, 0.2) is 66.9 Å². The van der Waals surface area contributed by atoms with Gasteiger partial charge in [-0.15, -0.1) is 0 Å². The largest absolute Gasteiger partial charge is 0.345 e. The first-order valence-corrected chi connectivity index (χ1v) is 15.2. The molecule has 10 nitrogen and oxygen atoms in total. The second-order valence-electron chi connectivity index (χ2n) is 12.6. The van der Waals surface area contributed by atoms with Crippen molar-refractivity contribution in [1.82, 2.24) is 24.7 Å². The molecule has 1 aliphatic heterocycles. The molecule has 13 heteroatoms. The Morgan fingerprint density at radius 1 is 1.04 bits per heavy atom. The van der Waals surface area contributed by atoms with Gasteiger partial charge in [0.1, 0.15) is 30.2 Å². The number of aromatic nitrogens is 2. The lowest BCUT2D eigenvalue weighted by Gasteiger charge is -2.40. The Morgan fingerprint density at radius 3 is 2.32 bits per heavy atom. The van der Waals surface area contributed by atoms with Crippen LogP contribution in [0.25, 0.3) is 11.3 Å². The number of carbonyl (C=O) groups is 4. The highest BCUT2D eigenvalue weighted by atomic mass is 19.1. The summed E-state index contributed by atoms with van der Waals surface area (Å²) in [6.07, 6.45) is 3.79. The van der Waals surface area contributed by atoms with E-state index in [4.69, 9.17) is 10.7 Å². The Hall–Kier alpha value is -4.78. The topological polar surface area (TPSA) is 131 Å². The smallest absolute Gasteiger partial charge is 0.254 e. The van der Waals surface area contributed by atoms with E-state index in [0.29, 0.717) is 5.82 Å². The molecule has 3 aromatic rings. The number of hydrogen-bond donors (Lipinski definition) is 2. The third-order valence-corrected chi connectivity index (χ3v) is 7.87. The molecule has 4 amide bonds. The molecule has 0 saturated carbocycles. The quantitative estimate of drug-likeness (QED) is 0.270. The van der Waals surface area contributed by atoms with Gasteiger partial charge in [0, 0.05) is 43.0 Å². The van der Waals surface area contributed by atoms with Crippen molar-refractivity contribution < 1.29 is 32.3 Å². The van der Waals surface area contributed by atoms with Crippen LogP contribution in [0.1, 0.15) is 51.5 Å². The Balaban J connectivity index is 1.74. The summed E-state index contributed by atoms with van der Waals surface area (Å²) in [7, 11) is 0. The Bertz CT molecular complexity index is 1630. The van der Waals surface area contributed by atoms with Gasteiger partial charge in [-0.25, -0.2) is 18.2 Å². The molecule has 2 aromatic carbocycles. The van der Waals surface area contributed by atoms with E-state index >= 15 is 0 Å². The molecular weight excluding hydrogens is 613 g/mol. The summed E-state index contributed by atoms with van der Waals surface area (Å²) in [5.74, 6) is -3.57. The third kappa shape index (κ3) is 8.33. The molecule has 0 saturated heterocycles. The van der Waals surface area contributed by atoms with E-state index in [1.54, 1.807) is 10.8 Å². The predicted octanol–water partition coefficient (Wildman–Crippen LogP) is 3.91. The van der Waals surface area contributed by atoms with Crippen LogP contribution >= 0.6 is 0 Å². The second kappa shape index (κ2) is 14.8. The molecule has 4 rings (SSSR count). The van der Waals surface area contributed by atoms with Gasteiger partial charge < -0.3 is 20.5 Å². The van der Waals surface area contributed by atoms with Crippen molar-refractivity contribution in [1.29, 1.82) is 0 Å². The first kappa shape index (κ1) is 35.1. The SMILES string of the molecule is C[C@@H](C(=O)NCC(=O)N(CC[C@@H](N)CF)[C@@H](c1nc(-c2cc(F)ccc2F)cn1Cc1ccccc1)C(C)(C)C)N1C(=O)C=CC1=O. The van der Waals surface area contributed by atoms with Gasteiger partial charge in [0.2, 0.25) is 11.8 Å². The Kier molecular flexibility index (Phi) is 11.0. The monoisotopic (exact) mass is 652 g/mol. The molecule has 0 fully saturated rings. The number of nitrogens with one attached hydrogen (secondary N) is 1. The highest BCUT2D eigenvalue weighted by molar-refractivity contribution is 6.15. The van der Waals surface area contributed by atoms with Crippen molar-refractivity contribution in [3.05, 3.63) is 89.9 Å². The molecule has 3 atom stereocenters. The molecule has 2 heterocycles. The van der Waals surface area contributed by atoms with Crippen molar-refractivity contribution in [3.63, 3.8) is 0 Å². The Labute approximate surface area is 271 Å². The zero-order chi connectivity index (χ0) is 34.5. The molecule has 0 unspecified atom stereocenters. The summed E-state index contributed by atoms with van der Waals surface area (Å²) < 4.78 is 44.5. The van der Waals surface area contributed by atoms with Gasteiger partial charge in [-0.05, 0) is 42.5 Å². The lowest BCUT2D eigenvalue weighted by Crippen LogP contribution is -2.52. The number of alkyl halides is 1. The second-order valence-corrected chi connectivity index (χ2v) is 12.6. The minimum Gasteiger partial charge on any atom is -0.345 e. The number of benzene rings is 2. The fourth-order valence-corrected chi connectivity index (χ4v) is 5.48. The molecule has 0 spiro atoms. The maximum absolute atomic E-state index is 15.0. The molecule has 0 radical (unpaired) electrons. The lowest BCUT2D eigenvalue weighted by molar-refractivity contribution is -0.145. The van der Waals surface area contributed by atoms with E-state index < -0.39 is 72.0 Å². The molecule has 1 aromatic heterocycles. The first-order valence-electron chi connectivity index (χ1n) is 15.2. The van der Waals surface area contributed by atoms with Gasteiger partial charge in [0.15, 0.2) is 0 Å². The van der Waals surface area contributed by atoms with Crippen LogP contribution < -0.4 is 11.1 Å². The number of imide groups is 1. The van der Waals surface area contributed by atoms with Crippen LogP contribution in [0.4, 0.5) is 13.2 Å². The zero-order valence-electron chi connectivity index (χ0n) is 26.8. The highest BCUT2D eigenvalue weighted by Crippen LogP contribution is 2.39. The highest BCUT2D eigenvalue weighted by Gasteiger charge is 2.39. The summed E-state index contributed by atoms with van der Waals surface area (Å²) in [5.41, 5.74) is 6.14. The molecular formula is C34H39F3N6O4. The van der Waals surface area contributed by atoms with E-state index in [1.807, 2.05) is 51.1 Å². The van der Waals surface area contributed by atoms with E-state index in [0.717, 1.165) is 40.8 Å². The Morgan fingerprint density at radius 2 is 1.70 bits per heavy atom. The summed E-state index contributed by atoms with van der Waals surface area (Å²) in [4.78, 5) is 58.1. The van der Waals surface area contributed by atoms with E-state index in [-0.39, 0.29) is 30.8 Å². The van der Waals surface area contributed by atoms with Crippen LogP contribution in [0, 0.1) is 17.0 Å². The number of halogens is 3. The van der Waals surface area contributed by atoms with E-state index in [2.05, 4.69) is 5.32 Å². The van der Waals surface area contributed by atoms with Crippen molar-refractivity contribution in [2.24, 2.45) is 11.1 Å². The normalized spacial score (nSPS) is 15.1. The average molecular weight is 653 g/mol. The van der Waals surface area contributed by atoms with Crippen LogP contribution in [0.2, 0.25) is 0 Å². The number of rotatable bonds is 13. The van der Waals surface area contributed by atoms with Gasteiger partial charge in [-0.2, -0.15) is 0 Å². The summed E-state index contributed by atoms with van der Waals surface area (Å²) in [6.45, 7) is 5.89. The lowest BCUT2D eigenvalue weighted by atomic mass is 9.84. The average Bonchev–Trinajstić information content (AvgIpc) is 3.59. The molecule has 250 valence electrons. The predicted molar refractivity (Wildman–Crippen MR) is 169 cm³/mol. The van der Waals surface area contributed by atoms with E-state index in [1.165, 1.54) is 11.8 Å². The van der Waals surface area contributed by atoms with Gasteiger partial charge in [-0.1, -0.05) is 51.1 Å². The summed E-state index contributed by atoms with van der Waals surface area (Å²) in [5, 5.41) is 2.51. The molecule has 3 N–H and O–H groups in total. The molecule has 0 aliphatic carbocycles. The standard InChI is InChI=1S/C34H39F3N6O4/c1-21(43-28(44)12-13-29(43)45)33(47)39-18-30(46)42(15-14-24(38)17-35)31(34(2,3)4)32-40-27(25-16-23(36)10-11-26(25)37)20-41(32)19-22-8-6-5-7-9-22/h5-13,16,20-21,24,31H,14-15,17-19,38H2,1-4H3,(H,39,47)/t21-,24+,31-/m0/s1. The number of amides is 4. The molecule has 1 aliphatic rings. The van der Waals surface area contributed by atoms with Crippen molar-refractivity contribution in [3.8, 4) is 11.3 Å². The number of carbonyl (C=O) groups excluding carboxylic acids is 4. The van der Waals surface area contributed by atoms with Crippen molar-refractivity contribution >= 4 is 23.6 Å².